The zero-order valence-electron chi connectivity index (χ0n) is 13.5. The fourth-order valence-electron chi connectivity index (χ4n) is 2.15. The first-order valence-electron chi connectivity index (χ1n) is 7.04. The van der Waals surface area contributed by atoms with Gasteiger partial charge in [0.2, 0.25) is 5.88 Å². The van der Waals surface area contributed by atoms with Crippen LogP contribution < -0.4 is 5.69 Å². The molecule has 0 radical (unpaired) electrons. The molecule has 1 aromatic carbocycles. The number of hydrogen-bond donors (Lipinski definition) is 2. The van der Waals surface area contributed by atoms with Crippen LogP contribution in [0, 0.1) is 13.8 Å². The average molecular weight is 369 g/mol. The fraction of sp³-hybridized carbons (Fsp3) is 0.438. The second-order valence-corrected chi connectivity index (χ2v) is 7.16. The summed E-state index contributed by atoms with van der Waals surface area (Å²) in [6.07, 6.45) is 0. The number of ether oxygens (including phenoxy) is 1. The van der Waals surface area contributed by atoms with Crippen LogP contribution in [0.1, 0.15) is 37.6 Å². The molecule has 0 saturated carbocycles. The summed E-state index contributed by atoms with van der Waals surface area (Å²) in [4.78, 5) is 14.8. The van der Waals surface area contributed by atoms with Crippen LogP contribution in [0.25, 0.3) is 5.69 Å². The number of halogens is 1. The Morgan fingerprint density at radius 2 is 1.82 bits per heavy atom. The predicted octanol–water partition coefficient (Wildman–Crippen LogP) is 3.57. The number of rotatable bonds is 3. The first-order chi connectivity index (χ1) is 10.1. The van der Waals surface area contributed by atoms with E-state index in [0.717, 1.165) is 15.6 Å². The number of aromatic nitrogens is 2. The van der Waals surface area contributed by atoms with E-state index in [1.165, 1.54) is 4.57 Å². The normalized spacial score (nSPS) is 11.9. The fourth-order valence-corrected chi connectivity index (χ4v) is 2.38. The van der Waals surface area contributed by atoms with Crippen LogP contribution in [0.4, 0.5) is 0 Å². The van der Waals surface area contributed by atoms with Gasteiger partial charge in [0.25, 0.3) is 0 Å². The molecule has 1 aromatic heterocycles. The Kier molecular flexibility index (Phi) is 4.54. The van der Waals surface area contributed by atoms with E-state index in [0.29, 0.717) is 11.4 Å². The molecule has 2 rings (SSSR count). The lowest BCUT2D eigenvalue weighted by atomic mass is 10.1. The number of nitrogens with one attached hydrogen (secondary N) is 1. The summed E-state index contributed by atoms with van der Waals surface area (Å²) in [6.45, 7) is 9.78. The standard InChI is InChI=1S/C16H21BrN2O3/c1-9-6-11(7-10(2)13(9)17)19-14(20)12(18-15(19)21)8-22-16(3,4)5/h6-7,20H,8H2,1-5H3,(H,18,21). The van der Waals surface area contributed by atoms with Gasteiger partial charge in [-0.25, -0.2) is 9.36 Å². The minimum atomic E-state index is -0.383. The van der Waals surface area contributed by atoms with Crippen molar-refractivity contribution < 1.29 is 9.84 Å². The van der Waals surface area contributed by atoms with Crippen LogP contribution in [-0.2, 0) is 11.3 Å². The highest BCUT2D eigenvalue weighted by Crippen LogP contribution is 2.27. The summed E-state index contributed by atoms with van der Waals surface area (Å²) < 4.78 is 7.87. The molecule has 0 bridgehead atoms. The molecule has 6 heteroatoms. The Bertz CT molecular complexity index is 731. The molecule has 0 unspecified atom stereocenters. The van der Waals surface area contributed by atoms with Crippen LogP contribution in [0.5, 0.6) is 5.88 Å². The van der Waals surface area contributed by atoms with Crippen molar-refractivity contribution in [2.45, 2.75) is 46.8 Å². The van der Waals surface area contributed by atoms with Crippen molar-refractivity contribution >= 4 is 15.9 Å². The van der Waals surface area contributed by atoms with E-state index in [1.54, 1.807) is 0 Å². The molecule has 0 aliphatic heterocycles. The van der Waals surface area contributed by atoms with Gasteiger partial charge in [-0.05, 0) is 57.9 Å². The zero-order chi connectivity index (χ0) is 16.7. The third-order valence-corrected chi connectivity index (χ3v) is 4.52. The van der Waals surface area contributed by atoms with E-state index in [-0.39, 0.29) is 23.8 Å². The molecular formula is C16H21BrN2O3. The van der Waals surface area contributed by atoms with Gasteiger partial charge in [0, 0.05) is 4.47 Å². The van der Waals surface area contributed by atoms with E-state index >= 15 is 0 Å². The van der Waals surface area contributed by atoms with Crippen molar-refractivity contribution in [3.8, 4) is 11.6 Å². The van der Waals surface area contributed by atoms with Gasteiger partial charge in [-0.1, -0.05) is 15.9 Å². The van der Waals surface area contributed by atoms with Crippen molar-refractivity contribution in [2.24, 2.45) is 0 Å². The molecule has 5 nitrogen and oxygen atoms in total. The Morgan fingerprint density at radius 1 is 1.27 bits per heavy atom. The van der Waals surface area contributed by atoms with Crippen LogP contribution in [0.2, 0.25) is 0 Å². The van der Waals surface area contributed by atoms with Gasteiger partial charge >= 0.3 is 5.69 Å². The van der Waals surface area contributed by atoms with Crippen LogP contribution in [0.3, 0.4) is 0 Å². The first kappa shape index (κ1) is 16.8. The summed E-state index contributed by atoms with van der Waals surface area (Å²) >= 11 is 3.50. The molecule has 0 saturated heterocycles. The number of benzene rings is 1. The Balaban J connectivity index is 2.45. The zero-order valence-corrected chi connectivity index (χ0v) is 15.0. The molecule has 0 aliphatic rings. The van der Waals surface area contributed by atoms with E-state index in [9.17, 15) is 9.90 Å². The Morgan fingerprint density at radius 3 is 2.32 bits per heavy atom. The molecule has 22 heavy (non-hydrogen) atoms. The van der Waals surface area contributed by atoms with Crippen LogP contribution in [0.15, 0.2) is 21.4 Å². The summed E-state index contributed by atoms with van der Waals surface area (Å²) in [7, 11) is 0. The van der Waals surface area contributed by atoms with Gasteiger partial charge in [0.15, 0.2) is 0 Å². The molecule has 0 spiro atoms. The maximum absolute atomic E-state index is 12.2. The smallest absolute Gasteiger partial charge is 0.333 e. The van der Waals surface area contributed by atoms with Gasteiger partial charge in [0.05, 0.1) is 17.9 Å². The second kappa shape index (κ2) is 5.93. The maximum atomic E-state index is 12.2. The Labute approximate surface area is 138 Å². The highest BCUT2D eigenvalue weighted by atomic mass is 79.9. The first-order valence-corrected chi connectivity index (χ1v) is 7.83. The molecule has 1 heterocycles. The number of nitrogens with zero attached hydrogens (tertiary/aromatic N) is 1. The van der Waals surface area contributed by atoms with Gasteiger partial charge in [-0.15, -0.1) is 0 Å². The minimum Gasteiger partial charge on any atom is -0.493 e. The van der Waals surface area contributed by atoms with Gasteiger partial charge in [0.1, 0.15) is 5.69 Å². The Hall–Kier alpha value is -1.53. The van der Waals surface area contributed by atoms with Gasteiger partial charge < -0.3 is 14.8 Å². The quantitative estimate of drug-likeness (QED) is 0.869. The van der Waals surface area contributed by atoms with Gasteiger partial charge in [-0.2, -0.15) is 0 Å². The number of hydrogen-bond acceptors (Lipinski definition) is 3. The number of aryl methyl sites for hydroxylation is 2. The average Bonchev–Trinajstić information content (AvgIpc) is 2.67. The maximum Gasteiger partial charge on any atom is 0.333 e. The SMILES string of the molecule is Cc1cc(-n2c(O)c(COC(C)(C)C)[nH]c2=O)cc(C)c1Br. The topological polar surface area (TPSA) is 67.2 Å². The number of imidazole rings is 1. The summed E-state index contributed by atoms with van der Waals surface area (Å²) in [5, 5.41) is 10.4. The number of H-pyrrole nitrogens is 1. The molecule has 120 valence electrons. The molecule has 0 aliphatic carbocycles. The lowest BCUT2D eigenvalue weighted by Crippen LogP contribution is -2.19. The van der Waals surface area contributed by atoms with E-state index in [2.05, 4.69) is 20.9 Å². The second-order valence-electron chi connectivity index (χ2n) is 6.36. The third-order valence-electron chi connectivity index (χ3n) is 3.27. The number of aromatic hydroxyl groups is 1. The molecule has 0 amide bonds. The third kappa shape index (κ3) is 3.44. The van der Waals surface area contributed by atoms with Crippen molar-refractivity contribution in [3.05, 3.63) is 43.9 Å². The molecule has 0 fully saturated rings. The molecular weight excluding hydrogens is 348 g/mol. The molecule has 0 atom stereocenters. The highest BCUT2D eigenvalue weighted by molar-refractivity contribution is 9.10. The largest absolute Gasteiger partial charge is 0.493 e. The molecule has 2 N–H and O–H groups in total. The monoisotopic (exact) mass is 368 g/mol. The summed E-state index contributed by atoms with van der Waals surface area (Å²) in [5.41, 5.74) is 2.25. The van der Waals surface area contributed by atoms with E-state index in [4.69, 9.17) is 4.74 Å². The van der Waals surface area contributed by atoms with E-state index in [1.807, 2.05) is 46.8 Å². The summed E-state index contributed by atoms with van der Waals surface area (Å²) in [5.74, 6) is -0.115. The van der Waals surface area contributed by atoms with Crippen LogP contribution >= 0.6 is 15.9 Å². The minimum absolute atomic E-state index is 0.115. The van der Waals surface area contributed by atoms with Crippen molar-refractivity contribution in [2.75, 3.05) is 0 Å². The lowest BCUT2D eigenvalue weighted by molar-refractivity contribution is -0.0171. The van der Waals surface area contributed by atoms with E-state index < -0.39 is 0 Å². The predicted molar refractivity (Wildman–Crippen MR) is 89.8 cm³/mol. The van der Waals surface area contributed by atoms with Crippen LogP contribution in [-0.4, -0.2) is 20.3 Å². The number of aromatic amines is 1. The van der Waals surface area contributed by atoms with Crippen molar-refractivity contribution in [1.82, 2.24) is 9.55 Å². The highest BCUT2D eigenvalue weighted by Gasteiger charge is 2.18. The lowest BCUT2D eigenvalue weighted by Gasteiger charge is -2.18. The van der Waals surface area contributed by atoms with Crippen molar-refractivity contribution in [3.63, 3.8) is 0 Å². The summed E-state index contributed by atoms with van der Waals surface area (Å²) in [6, 6.07) is 3.70. The van der Waals surface area contributed by atoms with Crippen molar-refractivity contribution in [1.29, 1.82) is 0 Å². The van der Waals surface area contributed by atoms with Gasteiger partial charge in [-0.3, -0.25) is 0 Å². The molecule has 2 aromatic rings.